The maximum absolute atomic E-state index is 12.0. The topological polar surface area (TPSA) is 38.3 Å². The lowest BCUT2D eigenvalue weighted by Gasteiger charge is -2.14. The van der Waals surface area contributed by atoms with Crippen molar-refractivity contribution in [2.24, 2.45) is 0 Å². The minimum absolute atomic E-state index is 0.0683. The fraction of sp³-hybridized carbons (Fsp3) is 0.316. The van der Waals surface area contributed by atoms with Crippen LogP contribution in [0.25, 0.3) is 0 Å². The van der Waals surface area contributed by atoms with E-state index in [0.29, 0.717) is 18.7 Å². The Morgan fingerprint density at radius 1 is 0.955 bits per heavy atom. The van der Waals surface area contributed by atoms with Crippen molar-refractivity contribution in [2.45, 2.75) is 27.7 Å². The van der Waals surface area contributed by atoms with E-state index in [1.807, 2.05) is 38.1 Å². The number of aryl methyl sites for hydroxylation is 3. The van der Waals surface area contributed by atoms with Crippen LogP contribution < -0.4 is 10.1 Å². The van der Waals surface area contributed by atoms with Crippen LogP contribution in [0.15, 0.2) is 36.4 Å². The Morgan fingerprint density at radius 2 is 1.59 bits per heavy atom. The number of hydrogen-bond acceptors (Lipinski definition) is 2. The van der Waals surface area contributed by atoms with E-state index in [4.69, 9.17) is 4.74 Å². The molecule has 3 heteroatoms. The molecule has 0 bridgehead atoms. The van der Waals surface area contributed by atoms with Crippen molar-refractivity contribution in [1.82, 2.24) is 5.32 Å². The van der Waals surface area contributed by atoms with E-state index in [9.17, 15) is 4.79 Å². The Bertz CT molecular complexity index is 660. The minimum Gasteiger partial charge on any atom is -0.491 e. The SMILES string of the molecule is Cc1ccc(C(=O)NCCOc2c(C)ccc(C)c2C)cc1. The van der Waals surface area contributed by atoms with Crippen LogP contribution in [0.5, 0.6) is 5.75 Å². The van der Waals surface area contributed by atoms with Gasteiger partial charge in [-0.1, -0.05) is 29.8 Å². The molecule has 116 valence electrons. The first-order valence-corrected chi connectivity index (χ1v) is 7.53. The molecule has 0 unspecified atom stereocenters. The summed E-state index contributed by atoms with van der Waals surface area (Å²) in [5.41, 5.74) is 5.31. The third kappa shape index (κ3) is 3.88. The van der Waals surface area contributed by atoms with E-state index in [1.54, 1.807) is 0 Å². The monoisotopic (exact) mass is 297 g/mol. The molecule has 1 amide bonds. The van der Waals surface area contributed by atoms with E-state index in [2.05, 4.69) is 31.3 Å². The number of rotatable bonds is 5. The smallest absolute Gasteiger partial charge is 0.251 e. The van der Waals surface area contributed by atoms with Crippen LogP contribution >= 0.6 is 0 Å². The van der Waals surface area contributed by atoms with Gasteiger partial charge in [0.05, 0.1) is 6.54 Å². The van der Waals surface area contributed by atoms with Crippen molar-refractivity contribution in [3.63, 3.8) is 0 Å². The standard InChI is InChI=1S/C19H23NO2/c1-13-5-9-17(10-6-13)19(21)20-11-12-22-18-15(3)8-7-14(2)16(18)4/h5-10H,11-12H2,1-4H3,(H,20,21). The maximum atomic E-state index is 12.0. The molecule has 0 saturated carbocycles. The summed E-state index contributed by atoms with van der Waals surface area (Å²) in [5.74, 6) is 0.853. The predicted octanol–water partition coefficient (Wildman–Crippen LogP) is 3.73. The van der Waals surface area contributed by atoms with Crippen LogP contribution in [-0.2, 0) is 0 Å². The first kappa shape index (κ1) is 16.1. The molecule has 0 aliphatic carbocycles. The Kier molecular flexibility index (Phi) is 5.21. The Balaban J connectivity index is 1.86. The molecule has 2 rings (SSSR count). The molecule has 3 nitrogen and oxygen atoms in total. The first-order valence-electron chi connectivity index (χ1n) is 7.53. The molecule has 0 aromatic heterocycles. The summed E-state index contributed by atoms with van der Waals surface area (Å²) in [4.78, 5) is 12.0. The molecule has 0 atom stereocenters. The maximum Gasteiger partial charge on any atom is 0.251 e. The van der Waals surface area contributed by atoms with E-state index in [1.165, 1.54) is 5.56 Å². The molecule has 22 heavy (non-hydrogen) atoms. The van der Waals surface area contributed by atoms with E-state index >= 15 is 0 Å². The van der Waals surface area contributed by atoms with Crippen LogP contribution in [0.2, 0.25) is 0 Å². The fourth-order valence-electron chi connectivity index (χ4n) is 2.27. The molecule has 1 N–H and O–H groups in total. The average molecular weight is 297 g/mol. The Morgan fingerprint density at radius 3 is 2.27 bits per heavy atom. The van der Waals surface area contributed by atoms with Crippen LogP contribution in [0.4, 0.5) is 0 Å². The Hall–Kier alpha value is -2.29. The van der Waals surface area contributed by atoms with E-state index in [-0.39, 0.29) is 5.91 Å². The van der Waals surface area contributed by atoms with Gasteiger partial charge in [0.25, 0.3) is 5.91 Å². The zero-order valence-corrected chi connectivity index (χ0v) is 13.7. The number of ether oxygens (including phenoxy) is 1. The highest BCUT2D eigenvalue weighted by molar-refractivity contribution is 5.94. The van der Waals surface area contributed by atoms with Crippen molar-refractivity contribution in [3.05, 3.63) is 64.2 Å². The van der Waals surface area contributed by atoms with Crippen molar-refractivity contribution in [3.8, 4) is 5.75 Å². The Labute approximate surface area is 132 Å². The molecule has 2 aromatic rings. The summed E-state index contributed by atoms with van der Waals surface area (Å²) in [6.45, 7) is 9.11. The normalized spacial score (nSPS) is 10.4. The van der Waals surface area contributed by atoms with Crippen LogP contribution in [0, 0.1) is 27.7 Å². The number of nitrogens with one attached hydrogen (secondary N) is 1. The lowest BCUT2D eigenvalue weighted by Crippen LogP contribution is -2.28. The fourth-order valence-corrected chi connectivity index (χ4v) is 2.27. The number of hydrogen-bond donors (Lipinski definition) is 1. The van der Waals surface area contributed by atoms with Crippen LogP contribution in [0.1, 0.15) is 32.6 Å². The van der Waals surface area contributed by atoms with Crippen molar-refractivity contribution < 1.29 is 9.53 Å². The summed E-state index contributed by atoms with van der Waals surface area (Å²) >= 11 is 0. The average Bonchev–Trinajstić information content (AvgIpc) is 2.51. The molecule has 0 heterocycles. The lowest BCUT2D eigenvalue weighted by molar-refractivity contribution is 0.0947. The van der Waals surface area contributed by atoms with Crippen molar-refractivity contribution >= 4 is 5.91 Å². The third-order valence-electron chi connectivity index (χ3n) is 3.82. The number of carbonyl (C=O) groups is 1. The van der Waals surface area contributed by atoms with Gasteiger partial charge in [0.15, 0.2) is 0 Å². The summed E-state index contributed by atoms with van der Waals surface area (Å²) in [6.07, 6.45) is 0. The summed E-state index contributed by atoms with van der Waals surface area (Å²) in [5, 5.41) is 2.88. The summed E-state index contributed by atoms with van der Waals surface area (Å²) in [6, 6.07) is 11.7. The van der Waals surface area contributed by atoms with Gasteiger partial charge in [0.2, 0.25) is 0 Å². The number of benzene rings is 2. The molecular weight excluding hydrogens is 274 g/mol. The first-order chi connectivity index (χ1) is 10.5. The zero-order chi connectivity index (χ0) is 16.1. The zero-order valence-electron chi connectivity index (χ0n) is 13.7. The van der Waals surface area contributed by atoms with Gasteiger partial charge in [0, 0.05) is 5.56 Å². The molecule has 2 aromatic carbocycles. The number of carbonyl (C=O) groups excluding carboxylic acids is 1. The van der Waals surface area contributed by atoms with Crippen molar-refractivity contribution in [1.29, 1.82) is 0 Å². The van der Waals surface area contributed by atoms with E-state index < -0.39 is 0 Å². The number of amides is 1. The highest BCUT2D eigenvalue weighted by Crippen LogP contribution is 2.25. The molecule has 0 spiro atoms. The van der Waals surface area contributed by atoms with E-state index in [0.717, 1.165) is 22.4 Å². The minimum atomic E-state index is -0.0683. The molecule has 0 fully saturated rings. The molecule has 0 aliphatic rings. The highest BCUT2D eigenvalue weighted by atomic mass is 16.5. The second kappa shape index (κ2) is 7.12. The van der Waals surface area contributed by atoms with Gasteiger partial charge in [-0.05, 0) is 56.5 Å². The third-order valence-corrected chi connectivity index (χ3v) is 3.82. The van der Waals surface area contributed by atoms with Gasteiger partial charge in [-0.3, -0.25) is 4.79 Å². The summed E-state index contributed by atoms with van der Waals surface area (Å²) in [7, 11) is 0. The van der Waals surface area contributed by atoms with Gasteiger partial charge >= 0.3 is 0 Å². The molecule has 0 saturated heterocycles. The predicted molar refractivity (Wildman–Crippen MR) is 89.7 cm³/mol. The quantitative estimate of drug-likeness (QED) is 0.854. The second-order valence-corrected chi connectivity index (χ2v) is 5.62. The van der Waals surface area contributed by atoms with Crippen LogP contribution in [-0.4, -0.2) is 19.1 Å². The van der Waals surface area contributed by atoms with Crippen molar-refractivity contribution in [2.75, 3.05) is 13.2 Å². The van der Waals surface area contributed by atoms with Gasteiger partial charge in [-0.25, -0.2) is 0 Å². The van der Waals surface area contributed by atoms with Gasteiger partial charge < -0.3 is 10.1 Å². The van der Waals surface area contributed by atoms with Gasteiger partial charge in [-0.2, -0.15) is 0 Å². The largest absolute Gasteiger partial charge is 0.491 e. The highest BCUT2D eigenvalue weighted by Gasteiger charge is 2.07. The van der Waals surface area contributed by atoms with Crippen LogP contribution in [0.3, 0.4) is 0 Å². The van der Waals surface area contributed by atoms with Gasteiger partial charge in [-0.15, -0.1) is 0 Å². The second-order valence-electron chi connectivity index (χ2n) is 5.62. The van der Waals surface area contributed by atoms with Gasteiger partial charge in [0.1, 0.15) is 12.4 Å². The molecular formula is C19H23NO2. The lowest BCUT2D eigenvalue weighted by atomic mass is 10.1. The molecule has 0 aliphatic heterocycles. The summed E-state index contributed by atoms with van der Waals surface area (Å²) < 4.78 is 5.84. The molecule has 0 radical (unpaired) electrons.